The number of benzene rings is 3. The van der Waals surface area contributed by atoms with Crippen molar-refractivity contribution in [2.45, 2.75) is 32.7 Å². The van der Waals surface area contributed by atoms with Gasteiger partial charge in [-0.3, -0.25) is 14.5 Å². The van der Waals surface area contributed by atoms with E-state index in [1.807, 2.05) is 36.4 Å². The second kappa shape index (κ2) is 9.43. The fourth-order valence-corrected chi connectivity index (χ4v) is 5.09. The van der Waals surface area contributed by atoms with Crippen LogP contribution in [0, 0.1) is 5.92 Å². The molecule has 1 N–H and O–H groups in total. The number of aryl methyl sites for hydroxylation is 1. The molecule has 2 aliphatic rings. The van der Waals surface area contributed by atoms with E-state index in [-0.39, 0.29) is 11.8 Å². The van der Waals surface area contributed by atoms with Gasteiger partial charge in [-0.05, 0) is 71.8 Å². The fourth-order valence-electron chi connectivity index (χ4n) is 5.09. The summed E-state index contributed by atoms with van der Waals surface area (Å²) in [4.78, 5) is 29.5. The van der Waals surface area contributed by atoms with Crippen molar-refractivity contribution in [3.8, 4) is 11.1 Å². The lowest BCUT2D eigenvalue weighted by molar-refractivity contribution is -0.118. The van der Waals surface area contributed by atoms with Crippen LogP contribution in [0.2, 0.25) is 0 Å². The van der Waals surface area contributed by atoms with Crippen LogP contribution in [-0.2, 0) is 17.8 Å². The number of nitrogens with one attached hydrogen (secondary N) is 1. The van der Waals surface area contributed by atoms with Gasteiger partial charge >= 0.3 is 0 Å². The lowest BCUT2D eigenvalue weighted by atomic mass is 9.96. The number of anilines is 2. The summed E-state index contributed by atoms with van der Waals surface area (Å²) < 4.78 is 0. The number of carbonyl (C=O) groups is 2. The molecule has 5 heteroatoms. The number of hydrogen-bond acceptors (Lipinski definition) is 3. The van der Waals surface area contributed by atoms with Crippen LogP contribution in [0.4, 0.5) is 11.4 Å². The summed E-state index contributed by atoms with van der Waals surface area (Å²) in [5, 5.41) is 3.04. The lowest BCUT2D eigenvalue weighted by Gasteiger charge is -2.26. The first-order valence-electron chi connectivity index (χ1n) is 12.1. The summed E-state index contributed by atoms with van der Waals surface area (Å²) in [5.41, 5.74) is 6.86. The molecule has 2 heterocycles. The highest BCUT2D eigenvalue weighted by Crippen LogP contribution is 2.31. The molecule has 0 aromatic heterocycles. The van der Waals surface area contributed by atoms with E-state index in [1.54, 1.807) is 11.9 Å². The first-order chi connectivity index (χ1) is 16.5. The van der Waals surface area contributed by atoms with Gasteiger partial charge in [-0.2, -0.15) is 0 Å². The van der Waals surface area contributed by atoms with Crippen molar-refractivity contribution >= 4 is 23.2 Å². The number of carbonyl (C=O) groups excluding carboxylic acids is 2. The third-order valence-electron chi connectivity index (χ3n) is 7.04. The van der Waals surface area contributed by atoms with E-state index in [4.69, 9.17) is 0 Å². The Hall–Kier alpha value is -3.44. The smallest absolute Gasteiger partial charge is 0.255 e. The monoisotopic (exact) mass is 453 g/mol. The molecule has 174 valence electrons. The zero-order valence-electron chi connectivity index (χ0n) is 19.9. The van der Waals surface area contributed by atoms with Gasteiger partial charge in [0.25, 0.3) is 5.91 Å². The number of likely N-dealkylation sites (tertiary alicyclic amines) is 1. The van der Waals surface area contributed by atoms with Crippen molar-refractivity contribution in [3.63, 3.8) is 0 Å². The number of amides is 2. The van der Waals surface area contributed by atoms with Crippen LogP contribution < -0.4 is 10.2 Å². The molecule has 3 aromatic rings. The van der Waals surface area contributed by atoms with E-state index in [1.165, 1.54) is 23.1 Å². The summed E-state index contributed by atoms with van der Waals surface area (Å²) in [5.74, 6) is 0.675. The highest BCUT2D eigenvalue weighted by molar-refractivity contribution is 6.05. The predicted molar refractivity (Wildman–Crippen MR) is 137 cm³/mol. The van der Waals surface area contributed by atoms with E-state index >= 15 is 0 Å². The second-order valence-corrected chi connectivity index (χ2v) is 9.62. The second-order valence-electron chi connectivity index (χ2n) is 9.62. The normalized spacial score (nSPS) is 18.1. The number of fused-ring (bicyclic) bond motifs is 1. The van der Waals surface area contributed by atoms with Gasteiger partial charge in [-0.15, -0.1) is 0 Å². The van der Waals surface area contributed by atoms with Crippen molar-refractivity contribution in [2.24, 2.45) is 5.92 Å². The highest BCUT2D eigenvalue weighted by atomic mass is 16.2. The van der Waals surface area contributed by atoms with Crippen molar-refractivity contribution in [1.82, 2.24) is 4.90 Å². The molecular weight excluding hydrogens is 422 g/mol. The molecule has 0 saturated carbocycles. The third kappa shape index (κ3) is 4.62. The van der Waals surface area contributed by atoms with Crippen LogP contribution in [0.1, 0.15) is 41.3 Å². The van der Waals surface area contributed by atoms with Crippen LogP contribution in [0.5, 0.6) is 0 Å². The quantitative estimate of drug-likeness (QED) is 0.566. The van der Waals surface area contributed by atoms with Crippen molar-refractivity contribution in [2.75, 3.05) is 30.4 Å². The zero-order chi connectivity index (χ0) is 23.7. The molecule has 5 rings (SSSR count). The lowest BCUT2D eigenvalue weighted by Crippen LogP contribution is -2.31. The van der Waals surface area contributed by atoms with Gasteiger partial charge in [-0.25, -0.2) is 0 Å². The molecule has 34 heavy (non-hydrogen) atoms. The number of rotatable bonds is 5. The molecule has 1 atom stereocenters. The molecule has 0 aliphatic carbocycles. The SMILES string of the molecule is C[C@@H]1CCN(Cc2cc(C(=O)Nc3ccc4c(c3)N(C)C(=O)CC4)ccc2-c2ccccc2)C1. The largest absolute Gasteiger partial charge is 0.322 e. The van der Waals surface area contributed by atoms with E-state index in [9.17, 15) is 9.59 Å². The third-order valence-corrected chi connectivity index (χ3v) is 7.04. The highest BCUT2D eigenvalue weighted by Gasteiger charge is 2.22. The van der Waals surface area contributed by atoms with Crippen LogP contribution >= 0.6 is 0 Å². The molecule has 2 amide bonds. The molecule has 1 saturated heterocycles. The summed E-state index contributed by atoms with van der Waals surface area (Å²) >= 11 is 0. The summed E-state index contributed by atoms with van der Waals surface area (Å²) in [6.07, 6.45) is 2.49. The van der Waals surface area contributed by atoms with Crippen LogP contribution in [0.15, 0.2) is 66.7 Å². The zero-order valence-corrected chi connectivity index (χ0v) is 19.9. The fraction of sp³-hybridized carbons (Fsp3) is 0.310. The average molecular weight is 454 g/mol. The summed E-state index contributed by atoms with van der Waals surface area (Å²) in [7, 11) is 1.79. The molecular formula is C29H31N3O2. The molecule has 0 radical (unpaired) electrons. The van der Waals surface area contributed by atoms with Gasteiger partial charge in [0.1, 0.15) is 0 Å². The predicted octanol–water partition coefficient (Wildman–Crippen LogP) is 5.36. The first kappa shape index (κ1) is 22.4. The van der Waals surface area contributed by atoms with Gasteiger partial charge in [0.05, 0.1) is 0 Å². The van der Waals surface area contributed by atoms with Gasteiger partial charge in [0.15, 0.2) is 0 Å². The molecule has 0 bridgehead atoms. The van der Waals surface area contributed by atoms with E-state index in [0.29, 0.717) is 23.6 Å². The Morgan fingerprint density at radius 3 is 2.62 bits per heavy atom. The van der Waals surface area contributed by atoms with Crippen molar-refractivity contribution < 1.29 is 9.59 Å². The Bertz CT molecular complexity index is 1220. The maximum Gasteiger partial charge on any atom is 0.255 e. The first-order valence-corrected chi connectivity index (χ1v) is 12.1. The minimum atomic E-state index is -0.139. The Balaban J connectivity index is 1.41. The standard InChI is InChI=1S/C29H31N3O2/c1-20-14-15-32(18-20)19-24-16-23(9-12-26(24)21-6-4-3-5-7-21)29(34)30-25-11-8-22-10-13-28(33)31(2)27(22)17-25/h3-9,11-12,16-17,20H,10,13-15,18-19H2,1-2H3,(H,30,34)/t20-/m1/s1. The molecule has 1 fully saturated rings. The number of hydrogen-bond donors (Lipinski definition) is 1. The Kier molecular flexibility index (Phi) is 6.20. The summed E-state index contributed by atoms with van der Waals surface area (Å²) in [6.45, 7) is 5.31. The topological polar surface area (TPSA) is 52.7 Å². The van der Waals surface area contributed by atoms with Gasteiger partial charge < -0.3 is 10.2 Å². The van der Waals surface area contributed by atoms with E-state index < -0.39 is 0 Å². The van der Waals surface area contributed by atoms with Gasteiger partial charge in [-0.1, -0.05) is 49.4 Å². The van der Waals surface area contributed by atoms with Crippen molar-refractivity contribution in [1.29, 1.82) is 0 Å². The van der Waals surface area contributed by atoms with Crippen molar-refractivity contribution in [3.05, 3.63) is 83.4 Å². The van der Waals surface area contributed by atoms with E-state index in [0.717, 1.165) is 37.3 Å². The molecule has 0 unspecified atom stereocenters. The molecule has 3 aromatic carbocycles. The summed E-state index contributed by atoms with van der Waals surface area (Å²) in [6, 6.07) is 22.2. The van der Waals surface area contributed by atoms with Crippen LogP contribution in [0.3, 0.4) is 0 Å². The Morgan fingerprint density at radius 2 is 1.85 bits per heavy atom. The molecule has 2 aliphatic heterocycles. The van der Waals surface area contributed by atoms with Gasteiger partial charge in [0, 0.05) is 43.5 Å². The molecule has 5 nitrogen and oxygen atoms in total. The minimum Gasteiger partial charge on any atom is -0.322 e. The maximum absolute atomic E-state index is 13.2. The number of nitrogens with zero attached hydrogens (tertiary/aromatic N) is 2. The van der Waals surface area contributed by atoms with Crippen LogP contribution in [-0.4, -0.2) is 36.9 Å². The minimum absolute atomic E-state index is 0.105. The van der Waals surface area contributed by atoms with Gasteiger partial charge in [0.2, 0.25) is 5.91 Å². The van der Waals surface area contributed by atoms with E-state index in [2.05, 4.69) is 47.5 Å². The Morgan fingerprint density at radius 1 is 1.03 bits per heavy atom. The maximum atomic E-state index is 13.2. The average Bonchev–Trinajstić information content (AvgIpc) is 3.26. The van der Waals surface area contributed by atoms with Crippen LogP contribution in [0.25, 0.3) is 11.1 Å². The Labute approximate surface area is 201 Å². The molecule has 0 spiro atoms.